The summed E-state index contributed by atoms with van der Waals surface area (Å²) in [6, 6.07) is 5.76. The Kier molecular flexibility index (Phi) is 3.88. The standard InChI is InChI=1S/C12H9F4N3O3/c13-11(14,12(15,16)10(21)22)9-17-8(18-19-9)7-3-1-6(5-20)2-4-7/h1-4,20H,5H2,(H,21,22)(H,17,18,19). The summed E-state index contributed by atoms with van der Waals surface area (Å²) in [6.07, 6.45) is 0. The fraction of sp³-hybridized carbons (Fsp3) is 0.250. The molecular weight excluding hydrogens is 310 g/mol. The van der Waals surface area contributed by atoms with E-state index in [0.29, 0.717) is 5.56 Å². The predicted octanol–water partition coefficient (Wildman–Crippen LogP) is 1.78. The van der Waals surface area contributed by atoms with Crippen LogP contribution < -0.4 is 0 Å². The highest BCUT2D eigenvalue weighted by Gasteiger charge is 2.66. The molecule has 0 fully saturated rings. The van der Waals surface area contributed by atoms with Gasteiger partial charge in [-0.05, 0) is 5.56 Å². The van der Waals surface area contributed by atoms with Gasteiger partial charge in [-0.15, -0.1) is 0 Å². The van der Waals surface area contributed by atoms with Gasteiger partial charge in [0.15, 0.2) is 5.82 Å². The molecule has 118 valence electrons. The van der Waals surface area contributed by atoms with Crippen LogP contribution in [0.25, 0.3) is 11.4 Å². The average Bonchev–Trinajstić information content (AvgIpc) is 2.97. The van der Waals surface area contributed by atoms with Gasteiger partial charge < -0.3 is 10.2 Å². The first kappa shape index (κ1) is 15.9. The second-order valence-electron chi connectivity index (χ2n) is 4.32. The summed E-state index contributed by atoms with van der Waals surface area (Å²) in [5.41, 5.74) is 0.802. The summed E-state index contributed by atoms with van der Waals surface area (Å²) >= 11 is 0. The number of aromatic amines is 1. The first-order valence-corrected chi connectivity index (χ1v) is 5.82. The summed E-state index contributed by atoms with van der Waals surface area (Å²) in [5.74, 6) is -15.2. The number of alkyl halides is 4. The highest BCUT2D eigenvalue weighted by Crippen LogP contribution is 2.41. The largest absolute Gasteiger partial charge is 0.477 e. The number of nitrogens with zero attached hydrogens (tertiary/aromatic N) is 2. The lowest BCUT2D eigenvalue weighted by Gasteiger charge is -2.19. The molecule has 0 amide bonds. The summed E-state index contributed by atoms with van der Waals surface area (Å²) < 4.78 is 53.1. The van der Waals surface area contributed by atoms with Crippen molar-refractivity contribution in [2.45, 2.75) is 18.5 Å². The first-order valence-electron chi connectivity index (χ1n) is 5.82. The van der Waals surface area contributed by atoms with Gasteiger partial charge in [-0.1, -0.05) is 24.3 Å². The molecule has 1 aromatic heterocycles. The minimum atomic E-state index is -5.34. The van der Waals surface area contributed by atoms with Crippen molar-refractivity contribution in [3.05, 3.63) is 35.7 Å². The number of hydrogen-bond donors (Lipinski definition) is 3. The number of aliphatic carboxylic acids is 1. The Bertz CT molecular complexity index is 685. The Morgan fingerprint density at radius 2 is 1.77 bits per heavy atom. The van der Waals surface area contributed by atoms with Crippen LogP contribution in [-0.4, -0.2) is 37.3 Å². The van der Waals surface area contributed by atoms with E-state index in [1.165, 1.54) is 24.3 Å². The van der Waals surface area contributed by atoms with Crippen LogP contribution in [-0.2, 0) is 17.3 Å². The topological polar surface area (TPSA) is 99.1 Å². The molecule has 10 heteroatoms. The molecule has 0 unspecified atom stereocenters. The minimum absolute atomic E-state index is 0.231. The number of H-pyrrole nitrogens is 1. The van der Waals surface area contributed by atoms with Gasteiger partial charge in [-0.25, -0.2) is 9.78 Å². The number of halogens is 4. The van der Waals surface area contributed by atoms with Crippen LogP contribution in [0.4, 0.5) is 17.6 Å². The number of aliphatic hydroxyl groups excluding tert-OH is 1. The zero-order valence-corrected chi connectivity index (χ0v) is 10.7. The monoisotopic (exact) mass is 319 g/mol. The lowest BCUT2D eigenvalue weighted by atomic mass is 10.1. The molecule has 0 saturated carbocycles. The molecule has 0 aliphatic carbocycles. The van der Waals surface area contributed by atoms with E-state index in [1.54, 1.807) is 0 Å². The van der Waals surface area contributed by atoms with Crippen LogP contribution in [0.2, 0.25) is 0 Å². The van der Waals surface area contributed by atoms with E-state index in [2.05, 4.69) is 10.1 Å². The van der Waals surface area contributed by atoms with Gasteiger partial charge in [-0.2, -0.15) is 22.7 Å². The number of carbonyl (C=O) groups is 1. The van der Waals surface area contributed by atoms with E-state index in [1.807, 2.05) is 5.10 Å². The molecule has 0 bridgehead atoms. The third-order valence-electron chi connectivity index (χ3n) is 2.84. The van der Waals surface area contributed by atoms with Crippen LogP contribution in [0.15, 0.2) is 24.3 Å². The molecule has 22 heavy (non-hydrogen) atoms. The first-order chi connectivity index (χ1) is 10.2. The lowest BCUT2D eigenvalue weighted by Crippen LogP contribution is -2.45. The second kappa shape index (κ2) is 5.37. The number of benzene rings is 1. The van der Waals surface area contributed by atoms with E-state index < -0.39 is 23.6 Å². The van der Waals surface area contributed by atoms with Crippen molar-refractivity contribution in [1.82, 2.24) is 15.2 Å². The van der Waals surface area contributed by atoms with E-state index in [4.69, 9.17) is 10.2 Å². The van der Waals surface area contributed by atoms with Crippen LogP contribution in [0.1, 0.15) is 11.4 Å². The van der Waals surface area contributed by atoms with Crippen molar-refractivity contribution < 1.29 is 32.6 Å². The number of aromatic nitrogens is 3. The molecule has 0 spiro atoms. The zero-order valence-electron chi connectivity index (χ0n) is 10.7. The molecule has 6 nitrogen and oxygen atoms in total. The predicted molar refractivity (Wildman–Crippen MR) is 64.2 cm³/mol. The second-order valence-corrected chi connectivity index (χ2v) is 4.32. The fourth-order valence-corrected chi connectivity index (χ4v) is 1.57. The van der Waals surface area contributed by atoms with Crippen molar-refractivity contribution >= 4 is 5.97 Å². The van der Waals surface area contributed by atoms with Crippen molar-refractivity contribution in [3.8, 4) is 11.4 Å². The van der Waals surface area contributed by atoms with E-state index in [0.717, 1.165) is 0 Å². The van der Waals surface area contributed by atoms with Gasteiger partial charge in [0.05, 0.1) is 6.61 Å². The molecular formula is C12H9F4N3O3. The smallest absolute Gasteiger partial charge is 0.411 e. The Labute approximate surface area is 120 Å². The van der Waals surface area contributed by atoms with Gasteiger partial charge in [0.25, 0.3) is 0 Å². The lowest BCUT2D eigenvalue weighted by molar-refractivity contribution is -0.231. The Morgan fingerprint density at radius 1 is 1.18 bits per heavy atom. The quantitative estimate of drug-likeness (QED) is 0.730. The molecule has 1 aromatic carbocycles. The number of hydrogen-bond acceptors (Lipinski definition) is 4. The number of nitrogens with one attached hydrogen (secondary N) is 1. The van der Waals surface area contributed by atoms with Gasteiger partial charge in [0, 0.05) is 5.56 Å². The van der Waals surface area contributed by atoms with Crippen molar-refractivity contribution in [1.29, 1.82) is 0 Å². The molecule has 0 radical (unpaired) electrons. The fourth-order valence-electron chi connectivity index (χ4n) is 1.57. The van der Waals surface area contributed by atoms with Crippen molar-refractivity contribution in [2.24, 2.45) is 0 Å². The molecule has 2 rings (SSSR count). The molecule has 0 aliphatic rings. The SMILES string of the molecule is O=C(O)C(F)(F)C(F)(F)c1n[nH]c(-c2ccc(CO)cc2)n1. The highest BCUT2D eigenvalue weighted by molar-refractivity contribution is 5.76. The Hall–Kier alpha value is -2.49. The van der Waals surface area contributed by atoms with Crippen LogP contribution in [0, 0.1) is 0 Å². The molecule has 0 saturated heterocycles. The molecule has 2 aromatic rings. The maximum Gasteiger partial charge on any atom is 0.411 e. The molecule has 0 aliphatic heterocycles. The summed E-state index contributed by atoms with van der Waals surface area (Å²) in [4.78, 5) is 13.5. The average molecular weight is 319 g/mol. The van der Waals surface area contributed by atoms with Gasteiger partial charge >= 0.3 is 17.8 Å². The third kappa shape index (κ3) is 2.52. The van der Waals surface area contributed by atoms with Crippen LogP contribution >= 0.6 is 0 Å². The van der Waals surface area contributed by atoms with Crippen molar-refractivity contribution in [3.63, 3.8) is 0 Å². The van der Waals surface area contributed by atoms with E-state index in [9.17, 15) is 22.4 Å². The zero-order chi connectivity index (χ0) is 16.5. The number of carboxylic acid groups (broad SMARTS) is 1. The molecule has 3 N–H and O–H groups in total. The van der Waals surface area contributed by atoms with Gasteiger partial charge in [-0.3, -0.25) is 5.10 Å². The maximum absolute atomic E-state index is 13.5. The van der Waals surface area contributed by atoms with Gasteiger partial charge in [0.1, 0.15) is 0 Å². The van der Waals surface area contributed by atoms with Crippen molar-refractivity contribution in [2.75, 3.05) is 0 Å². The van der Waals surface area contributed by atoms with Crippen LogP contribution in [0.3, 0.4) is 0 Å². The van der Waals surface area contributed by atoms with E-state index in [-0.39, 0.29) is 18.0 Å². The number of aliphatic hydroxyl groups is 1. The summed E-state index contributed by atoms with van der Waals surface area (Å²) in [7, 11) is 0. The number of carboxylic acids is 1. The minimum Gasteiger partial charge on any atom is -0.477 e. The van der Waals surface area contributed by atoms with Crippen LogP contribution in [0.5, 0.6) is 0 Å². The summed E-state index contributed by atoms with van der Waals surface area (Å²) in [5, 5.41) is 22.1. The maximum atomic E-state index is 13.5. The van der Waals surface area contributed by atoms with Gasteiger partial charge in [0.2, 0.25) is 5.82 Å². The molecule has 0 atom stereocenters. The summed E-state index contributed by atoms with van der Waals surface area (Å²) in [6.45, 7) is -0.231. The normalized spacial score (nSPS) is 12.4. The molecule has 1 heterocycles. The number of rotatable bonds is 5. The Morgan fingerprint density at radius 3 is 2.27 bits per heavy atom. The highest BCUT2D eigenvalue weighted by atomic mass is 19.3. The third-order valence-corrected chi connectivity index (χ3v) is 2.84. The van der Waals surface area contributed by atoms with E-state index >= 15 is 0 Å². The Balaban J connectivity index is 2.36.